The highest BCUT2D eigenvalue weighted by molar-refractivity contribution is 5.84. The van der Waals surface area contributed by atoms with Crippen LogP contribution in [-0.4, -0.2) is 60.0 Å². The third-order valence-electron chi connectivity index (χ3n) is 6.99. The maximum atomic E-state index is 13.0. The summed E-state index contributed by atoms with van der Waals surface area (Å²) in [5.41, 5.74) is 1.06. The van der Waals surface area contributed by atoms with E-state index < -0.39 is 35.5 Å². The number of ether oxygens (including phenoxy) is 2. The van der Waals surface area contributed by atoms with Gasteiger partial charge in [0.2, 0.25) is 12.2 Å². The minimum atomic E-state index is -1.09. The van der Waals surface area contributed by atoms with Gasteiger partial charge in [0.1, 0.15) is 6.10 Å². The molecule has 0 aliphatic heterocycles. The van der Waals surface area contributed by atoms with Crippen LogP contribution >= 0.6 is 0 Å². The molecular formula is C25H35N3O8. The molecule has 2 unspecified atom stereocenters. The fourth-order valence-electron chi connectivity index (χ4n) is 5.04. The van der Waals surface area contributed by atoms with E-state index in [1.807, 2.05) is 44.2 Å². The standard InChI is InChI=1S/C25H35N3O8/c1-4-27(5-2)23(29)22-20(21(22)17-9-7-6-8-10-17)15-26-25(31)35-16(3)34-24(30)18-11-13-19(14-12-18)36-28(32)33/h6-10,16,18-22H,4-5,11-15H2,1-3H3,(H,26,31)/t16?,18?,19?,20-,21?,22-/m0/s1. The van der Waals surface area contributed by atoms with E-state index in [-0.39, 0.29) is 30.2 Å². The van der Waals surface area contributed by atoms with Crippen molar-refractivity contribution in [3.05, 3.63) is 46.0 Å². The highest BCUT2D eigenvalue weighted by Gasteiger charge is 2.56. The minimum Gasteiger partial charge on any atom is -0.425 e. The lowest BCUT2D eigenvalue weighted by atomic mass is 9.87. The van der Waals surface area contributed by atoms with Gasteiger partial charge in [0, 0.05) is 32.5 Å². The molecule has 1 aromatic rings. The molecule has 4 atom stereocenters. The van der Waals surface area contributed by atoms with Crippen LogP contribution in [0.15, 0.2) is 30.3 Å². The molecule has 2 saturated carbocycles. The van der Waals surface area contributed by atoms with Crippen LogP contribution in [0.25, 0.3) is 0 Å². The Morgan fingerprint density at radius 3 is 2.31 bits per heavy atom. The van der Waals surface area contributed by atoms with E-state index >= 15 is 0 Å². The molecule has 2 aliphatic carbocycles. The molecule has 2 aliphatic rings. The summed E-state index contributed by atoms with van der Waals surface area (Å²) in [7, 11) is 0. The van der Waals surface area contributed by atoms with Gasteiger partial charge in [0.15, 0.2) is 0 Å². The molecule has 0 bridgehead atoms. The number of carbonyl (C=O) groups excluding carboxylic acids is 3. The van der Waals surface area contributed by atoms with Gasteiger partial charge in [-0.2, -0.15) is 0 Å². The average molecular weight is 506 g/mol. The zero-order valence-corrected chi connectivity index (χ0v) is 21.0. The summed E-state index contributed by atoms with van der Waals surface area (Å²) >= 11 is 0. The summed E-state index contributed by atoms with van der Waals surface area (Å²) in [5, 5.41) is 12.3. The van der Waals surface area contributed by atoms with Crippen molar-refractivity contribution in [2.45, 2.75) is 64.8 Å². The number of hydrogen-bond acceptors (Lipinski definition) is 8. The number of benzene rings is 1. The van der Waals surface area contributed by atoms with Crippen LogP contribution in [0.3, 0.4) is 0 Å². The second-order valence-electron chi connectivity index (χ2n) is 9.23. The Balaban J connectivity index is 1.46. The van der Waals surface area contributed by atoms with E-state index in [2.05, 4.69) is 10.2 Å². The van der Waals surface area contributed by atoms with Crippen molar-refractivity contribution in [1.82, 2.24) is 10.2 Å². The smallest absolute Gasteiger partial charge is 0.410 e. The summed E-state index contributed by atoms with van der Waals surface area (Å²) in [6, 6.07) is 9.77. The fraction of sp³-hybridized carbons (Fsp3) is 0.640. The predicted molar refractivity (Wildman–Crippen MR) is 128 cm³/mol. The number of carbonyl (C=O) groups is 3. The third-order valence-corrected chi connectivity index (χ3v) is 6.99. The predicted octanol–water partition coefficient (Wildman–Crippen LogP) is 3.27. The number of alkyl carbamates (subject to hydrolysis) is 1. The van der Waals surface area contributed by atoms with Gasteiger partial charge in [0.05, 0.1) is 11.8 Å². The molecule has 11 heteroatoms. The first kappa shape index (κ1) is 27.2. The summed E-state index contributed by atoms with van der Waals surface area (Å²) in [5.74, 6) is -1.10. The lowest BCUT2D eigenvalue weighted by Crippen LogP contribution is -2.35. The molecule has 198 valence electrons. The van der Waals surface area contributed by atoms with E-state index in [0.717, 1.165) is 5.56 Å². The van der Waals surface area contributed by atoms with Gasteiger partial charge in [-0.3, -0.25) is 9.59 Å². The normalized spacial score (nSPS) is 25.7. The maximum Gasteiger partial charge on any atom is 0.410 e. The van der Waals surface area contributed by atoms with E-state index in [1.54, 1.807) is 4.90 Å². The zero-order chi connectivity index (χ0) is 26.2. The second kappa shape index (κ2) is 12.5. The van der Waals surface area contributed by atoms with E-state index in [1.165, 1.54) is 6.92 Å². The number of esters is 1. The first-order valence-corrected chi connectivity index (χ1v) is 12.5. The Morgan fingerprint density at radius 2 is 1.72 bits per heavy atom. The number of rotatable bonds is 11. The molecule has 0 heterocycles. The number of nitrogens with one attached hydrogen (secondary N) is 1. The van der Waals surface area contributed by atoms with Crippen molar-refractivity contribution in [2.24, 2.45) is 17.8 Å². The van der Waals surface area contributed by atoms with Crippen molar-refractivity contribution in [2.75, 3.05) is 19.6 Å². The van der Waals surface area contributed by atoms with Crippen molar-refractivity contribution >= 4 is 18.0 Å². The number of nitrogens with zero attached hydrogens (tertiary/aromatic N) is 2. The van der Waals surface area contributed by atoms with Crippen molar-refractivity contribution < 1.29 is 33.8 Å². The van der Waals surface area contributed by atoms with E-state index in [0.29, 0.717) is 38.8 Å². The van der Waals surface area contributed by atoms with Crippen LogP contribution in [0.2, 0.25) is 0 Å². The van der Waals surface area contributed by atoms with Gasteiger partial charge in [-0.25, -0.2) is 4.79 Å². The van der Waals surface area contributed by atoms with Crippen LogP contribution in [0.1, 0.15) is 57.9 Å². The topological polar surface area (TPSA) is 137 Å². The number of hydrogen-bond donors (Lipinski definition) is 1. The Labute approximate surface area is 210 Å². The molecule has 1 aromatic carbocycles. The maximum absolute atomic E-state index is 13.0. The first-order valence-electron chi connectivity index (χ1n) is 12.5. The summed E-state index contributed by atoms with van der Waals surface area (Å²) in [6.07, 6.45) is -0.764. The molecule has 2 fully saturated rings. The second-order valence-corrected chi connectivity index (χ2v) is 9.23. The average Bonchev–Trinajstić information content (AvgIpc) is 3.58. The molecular weight excluding hydrogens is 470 g/mol. The Hall–Kier alpha value is -3.37. The quantitative estimate of drug-likeness (QED) is 0.209. The minimum absolute atomic E-state index is 0.0178. The van der Waals surface area contributed by atoms with Gasteiger partial charge in [-0.05, 0) is 51.0 Å². The van der Waals surface area contributed by atoms with Gasteiger partial charge >= 0.3 is 12.1 Å². The molecule has 0 saturated heterocycles. The number of amides is 2. The Morgan fingerprint density at radius 1 is 1.08 bits per heavy atom. The van der Waals surface area contributed by atoms with Crippen molar-refractivity contribution in [3.8, 4) is 0 Å². The summed E-state index contributed by atoms with van der Waals surface area (Å²) in [6.45, 7) is 6.86. The lowest BCUT2D eigenvalue weighted by Gasteiger charge is -2.26. The van der Waals surface area contributed by atoms with Crippen LogP contribution in [0.4, 0.5) is 4.79 Å². The van der Waals surface area contributed by atoms with Gasteiger partial charge < -0.3 is 24.5 Å². The van der Waals surface area contributed by atoms with Gasteiger partial charge in [-0.15, -0.1) is 10.1 Å². The molecule has 0 aromatic heterocycles. The molecule has 1 N–H and O–H groups in total. The molecule has 3 rings (SSSR count). The van der Waals surface area contributed by atoms with E-state index in [4.69, 9.17) is 9.47 Å². The highest BCUT2D eigenvalue weighted by atomic mass is 17.0. The van der Waals surface area contributed by atoms with Gasteiger partial charge in [-0.1, -0.05) is 30.3 Å². The molecule has 11 nitrogen and oxygen atoms in total. The fourth-order valence-corrected chi connectivity index (χ4v) is 5.04. The molecule has 2 amide bonds. The van der Waals surface area contributed by atoms with Crippen LogP contribution < -0.4 is 5.32 Å². The monoisotopic (exact) mass is 505 g/mol. The highest BCUT2D eigenvalue weighted by Crippen LogP contribution is 2.54. The lowest BCUT2D eigenvalue weighted by molar-refractivity contribution is -0.769. The SMILES string of the molecule is CCN(CC)C(=O)[C@@H]1C(c2ccccc2)[C@@H]1CNC(=O)OC(C)OC(=O)C1CCC(O[N+](=O)[O-])CC1. The Kier molecular flexibility index (Phi) is 9.49. The molecule has 0 spiro atoms. The van der Waals surface area contributed by atoms with Crippen LogP contribution in [-0.2, 0) is 23.9 Å². The van der Waals surface area contributed by atoms with Crippen molar-refractivity contribution in [3.63, 3.8) is 0 Å². The first-order chi connectivity index (χ1) is 17.2. The largest absolute Gasteiger partial charge is 0.425 e. The molecule has 36 heavy (non-hydrogen) atoms. The van der Waals surface area contributed by atoms with E-state index in [9.17, 15) is 24.5 Å². The molecule has 0 radical (unpaired) electrons. The summed E-state index contributed by atoms with van der Waals surface area (Å²) in [4.78, 5) is 54.6. The van der Waals surface area contributed by atoms with Gasteiger partial charge in [0.25, 0.3) is 5.09 Å². The summed E-state index contributed by atoms with van der Waals surface area (Å²) < 4.78 is 10.4. The van der Waals surface area contributed by atoms with Crippen molar-refractivity contribution in [1.29, 1.82) is 0 Å². The Bertz CT molecular complexity index is 915. The van der Waals surface area contributed by atoms with Crippen LogP contribution in [0, 0.1) is 27.9 Å². The zero-order valence-electron chi connectivity index (χ0n) is 21.0. The van der Waals surface area contributed by atoms with Crippen LogP contribution in [0.5, 0.6) is 0 Å². The third kappa shape index (κ3) is 7.08.